The average molecular weight is 426 g/mol. The summed E-state index contributed by atoms with van der Waals surface area (Å²) in [5, 5.41) is 20.5. The Bertz CT molecular complexity index is 973. The first kappa shape index (κ1) is 20.1. The fourth-order valence-electron chi connectivity index (χ4n) is 3.06. The van der Waals surface area contributed by atoms with Gasteiger partial charge in [-0.05, 0) is 23.8 Å². The Morgan fingerprint density at radius 2 is 2.00 bits per heavy atom. The molecule has 29 heavy (non-hydrogen) atoms. The number of phosphoric ester groups is 1. The summed E-state index contributed by atoms with van der Waals surface area (Å²) in [6, 6.07) is 4.75. The second-order valence-corrected chi connectivity index (χ2v) is 8.04. The molecule has 2 aromatic rings. The summed E-state index contributed by atoms with van der Waals surface area (Å²) in [4.78, 5) is 19.4. The van der Waals surface area contributed by atoms with Crippen LogP contribution in [0.25, 0.3) is 0 Å². The Hall–Kier alpha value is -2.18. The van der Waals surface area contributed by atoms with Gasteiger partial charge in [-0.1, -0.05) is 0 Å². The van der Waals surface area contributed by atoms with Gasteiger partial charge in [-0.15, -0.1) is 0 Å². The molecule has 4 heterocycles. The number of hydrogen-bond donors (Lipinski definition) is 3. The first-order chi connectivity index (χ1) is 13.9. The molecular weight excluding hydrogens is 407 g/mol. The molecule has 2 fully saturated rings. The highest BCUT2D eigenvalue weighted by molar-refractivity contribution is 7.48. The minimum absolute atomic E-state index is 0.0114. The van der Waals surface area contributed by atoms with Crippen LogP contribution in [0.3, 0.4) is 0 Å². The van der Waals surface area contributed by atoms with Gasteiger partial charge in [0.25, 0.3) is 0 Å². The van der Waals surface area contributed by atoms with E-state index in [2.05, 4.69) is 9.97 Å². The molecule has 0 saturated carbocycles. The third-order valence-electron chi connectivity index (χ3n) is 4.52. The molecule has 2 aromatic heterocycles. The van der Waals surface area contributed by atoms with Crippen LogP contribution in [0.4, 0.5) is 5.82 Å². The number of nitrogen functional groups attached to an aromatic ring is 1. The molecule has 156 valence electrons. The largest absolute Gasteiger partial charge is 0.477 e. The van der Waals surface area contributed by atoms with E-state index in [0.29, 0.717) is 6.42 Å². The van der Waals surface area contributed by atoms with Gasteiger partial charge in [0, 0.05) is 25.0 Å². The van der Waals surface area contributed by atoms with Crippen molar-refractivity contribution in [3.63, 3.8) is 0 Å². The molecule has 6 atom stereocenters. The second-order valence-electron chi connectivity index (χ2n) is 6.47. The number of ether oxygens (including phenoxy) is 1. The normalized spacial score (nSPS) is 34.9. The molecule has 0 spiro atoms. The zero-order valence-electron chi connectivity index (χ0n) is 15.0. The predicted molar refractivity (Wildman–Crippen MR) is 96.2 cm³/mol. The van der Waals surface area contributed by atoms with Crippen molar-refractivity contribution in [3.05, 3.63) is 52.8 Å². The molecule has 2 saturated heterocycles. The van der Waals surface area contributed by atoms with Crippen molar-refractivity contribution in [2.24, 2.45) is 0 Å². The van der Waals surface area contributed by atoms with Crippen molar-refractivity contribution >= 4 is 13.6 Å². The summed E-state index contributed by atoms with van der Waals surface area (Å²) in [7, 11) is -4.13. The molecule has 13 heteroatoms. The summed E-state index contributed by atoms with van der Waals surface area (Å²) in [5.41, 5.74) is 5.38. The highest BCUT2D eigenvalue weighted by Gasteiger charge is 2.50. The number of anilines is 1. The monoisotopic (exact) mass is 426 g/mol. The number of phosphoric acid groups is 1. The number of aliphatic hydroxyl groups is 2. The summed E-state index contributed by atoms with van der Waals surface area (Å²) in [6.45, 7) is 0.0837. The van der Waals surface area contributed by atoms with Crippen LogP contribution in [0, 0.1) is 0 Å². The molecule has 4 N–H and O–H groups in total. The van der Waals surface area contributed by atoms with Crippen LogP contribution in [0.5, 0.6) is 0 Å². The van der Waals surface area contributed by atoms with E-state index in [4.69, 9.17) is 24.0 Å². The second kappa shape index (κ2) is 7.92. The Balaban J connectivity index is 1.50. The van der Waals surface area contributed by atoms with E-state index >= 15 is 0 Å². The lowest BCUT2D eigenvalue weighted by molar-refractivity contribution is -0.145. The molecule has 2 aliphatic heterocycles. The van der Waals surface area contributed by atoms with Crippen LogP contribution < -0.4 is 11.4 Å². The van der Waals surface area contributed by atoms with Crippen LogP contribution in [0.1, 0.15) is 24.3 Å². The highest BCUT2D eigenvalue weighted by atomic mass is 31.2. The van der Waals surface area contributed by atoms with Gasteiger partial charge in [-0.3, -0.25) is 23.1 Å². The minimum atomic E-state index is -4.13. The fraction of sp³-hybridized carbons (Fsp3) is 0.438. The SMILES string of the molecule is Nc1ccn([C@@H]2O[C@H](O[P@@]3(=O)OCC[C@@H](c4ccncc4)O3)[C@@H](O)[C@@H]2O)c(=O)n1. The third-order valence-corrected chi connectivity index (χ3v) is 5.99. The lowest BCUT2D eigenvalue weighted by Crippen LogP contribution is -2.36. The number of pyridine rings is 1. The molecule has 0 aromatic carbocycles. The van der Waals surface area contributed by atoms with Crippen molar-refractivity contribution < 1.29 is 33.1 Å². The van der Waals surface area contributed by atoms with E-state index in [0.717, 1.165) is 10.1 Å². The minimum Gasteiger partial charge on any atom is -0.385 e. The van der Waals surface area contributed by atoms with Crippen molar-refractivity contribution in [3.8, 4) is 0 Å². The zero-order chi connectivity index (χ0) is 20.6. The van der Waals surface area contributed by atoms with Crippen LogP contribution in [0.15, 0.2) is 41.6 Å². The van der Waals surface area contributed by atoms with Crippen LogP contribution in [-0.4, -0.2) is 49.9 Å². The third kappa shape index (κ3) is 4.09. The maximum Gasteiger partial charge on any atom is 0.477 e. The number of hydrogen-bond acceptors (Lipinski definition) is 11. The van der Waals surface area contributed by atoms with Crippen molar-refractivity contribution in [1.82, 2.24) is 14.5 Å². The Morgan fingerprint density at radius 3 is 2.72 bits per heavy atom. The Labute approximate surface area is 164 Å². The maximum absolute atomic E-state index is 12.9. The molecule has 0 radical (unpaired) electrons. The first-order valence-electron chi connectivity index (χ1n) is 8.74. The van der Waals surface area contributed by atoms with E-state index in [1.54, 1.807) is 24.5 Å². The predicted octanol–water partition coefficient (Wildman–Crippen LogP) is 0.100. The van der Waals surface area contributed by atoms with E-state index in [9.17, 15) is 19.6 Å². The maximum atomic E-state index is 12.9. The van der Waals surface area contributed by atoms with Crippen molar-refractivity contribution in [2.45, 2.75) is 37.3 Å². The van der Waals surface area contributed by atoms with Gasteiger partial charge in [0.15, 0.2) is 12.5 Å². The van der Waals surface area contributed by atoms with Crippen LogP contribution in [0.2, 0.25) is 0 Å². The molecule has 0 unspecified atom stereocenters. The van der Waals surface area contributed by atoms with Gasteiger partial charge in [0.05, 0.1) is 12.7 Å². The standard InChI is InChI=1S/C16H19N4O8P/c17-11-3-7-20(16(23)19-11)14-12(21)13(22)15(26-14)28-29(24)25-8-4-10(27-29)9-1-5-18-6-2-9/h1-3,5-7,10,12-15,21-22H,4,8H2,(H2,17,19,23)/t10-,12-,13-,14+,15+,29-/m0/s1. The van der Waals surface area contributed by atoms with Gasteiger partial charge < -0.3 is 20.7 Å². The number of aliphatic hydroxyl groups excluding tert-OH is 2. The molecular formula is C16H19N4O8P. The molecule has 2 aliphatic rings. The first-order valence-corrected chi connectivity index (χ1v) is 10.2. The summed E-state index contributed by atoms with van der Waals surface area (Å²) in [6.07, 6.45) is -1.82. The average Bonchev–Trinajstić information content (AvgIpc) is 2.96. The van der Waals surface area contributed by atoms with Gasteiger partial charge in [0.1, 0.15) is 18.0 Å². The lowest BCUT2D eigenvalue weighted by atomic mass is 10.1. The van der Waals surface area contributed by atoms with E-state index < -0.39 is 44.3 Å². The summed E-state index contributed by atoms with van der Waals surface area (Å²) >= 11 is 0. The number of aromatic nitrogens is 3. The summed E-state index contributed by atoms with van der Waals surface area (Å²) in [5.74, 6) is -0.0114. The molecule has 0 amide bonds. The summed E-state index contributed by atoms with van der Waals surface area (Å²) < 4.78 is 35.2. The van der Waals surface area contributed by atoms with E-state index in [-0.39, 0.29) is 12.4 Å². The van der Waals surface area contributed by atoms with Gasteiger partial charge in [-0.2, -0.15) is 4.98 Å². The molecule has 0 bridgehead atoms. The Kier molecular flexibility index (Phi) is 5.49. The van der Waals surface area contributed by atoms with Crippen molar-refractivity contribution in [1.29, 1.82) is 0 Å². The Morgan fingerprint density at radius 1 is 1.24 bits per heavy atom. The fourth-order valence-corrected chi connectivity index (χ4v) is 4.53. The van der Waals surface area contributed by atoms with Gasteiger partial charge in [-0.25, -0.2) is 9.36 Å². The molecule has 12 nitrogen and oxygen atoms in total. The van der Waals surface area contributed by atoms with Crippen LogP contribution in [-0.2, 0) is 22.9 Å². The number of nitrogens with zero attached hydrogens (tertiary/aromatic N) is 3. The smallest absolute Gasteiger partial charge is 0.385 e. The number of nitrogens with two attached hydrogens (primary N) is 1. The van der Waals surface area contributed by atoms with E-state index in [1.165, 1.54) is 12.3 Å². The lowest BCUT2D eigenvalue weighted by Gasteiger charge is -2.30. The zero-order valence-corrected chi connectivity index (χ0v) is 15.9. The molecule has 0 aliphatic carbocycles. The quantitative estimate of drug-likeness (QED) is 0.567. The van der Waals surface area contributed by atoms with E-state index in [1.807, 2.05) is 0 Å². The number of rotatable bonds is 4. The van der Waals surface area contributed by atoms with Crippen LogP contribution >= 0.6 is 7.82 Å². The van der Waals surface area contributed by atoms with Crippen molar-refractivity contribution in [2.75, 3.05) is 12.3 Å². The highest BCUT2D eigenvalue weighted by Crippen LogP contribution is 2.58. The van der Waals surface area contributed by atoms with Gasteiger partial charge in [0.2, 0.25) is 0 Å². The van der Waals surface area contributed by atoms with Gasteiger partial charge >= 0.3 is 13.5 Å². The topological polar surface area (TPSA) is 168 Å². The molecule has 4 rings (SSSR count).